The Bertz CT molecular complexity index is 417. The van der Waals surface area contributed by atoms with Crippen molar-refractivity contribution in [1.29, 1.82) is 0 Å². The van der Waals surface area contributed by atoms with Gasteiger partial charge < -0.3 is 10.6 Å². The standard InChI is InChI=1S/C14H20N2S/c1-2-7-15-8-9-16-11-13-10-12-5-3-4-6-14(12)17-13/h3-6,10,15-16H,2,7-9,11H2,1H3. The Morgan fingerprint density at radius 1 is 1.06 bits per heavy atom. The molecule has 3 heteroatoms. The van der Waals surface area contributed by atoms with Gasteiger partial charge in [0.15, 0.2) is 0 Å². The van der Waals surface area contributed by atoms with E-state index < -0.39 is 0 Å². The third kappa shape index (κ3) is 3.80. The lowest BCUT2D eigenvalue weighted by atomic mass is 10.2. The lowest BCUT2D eigenvalue weighted by Crippen LogP contribution is -2.27. The summed E-state index contributed by atoms with van der Waals surface area (Å²) < 4.78 is 1.38. The lowest BCUT2D eigenvalue weighted by molar-refractivity contribution is 0.609. The molecule has 0 atom stereocenters. The Morgan fingerprint density at radius 2 is 1.88 bits per heavy atom. The fourth-order valence-electron chi connectivity index (χ4n) is 1.81. The molecule has 17 heavy (non-hydrogen) atoms. The monoisotopic (exact) mass is 248 g/mol. The molecule has 1 heterocycles. The van der Waals surface area contributed by atoms with Crippen molar-refractivity contribution in [2.45, 2.75) is 19.9 Å². The normalized spacial score (nSPS) is 11.1. The molecule has 0 bridgehead atoms. The second-order valence-corrected chi connectivity index (χ2v) is 5.35. The summed E-state index contributed by atoms with van der Waals surface area (Å²) in [6.07, 6.45) is 1.20. The fraction of sp³-hybridized carbons (Fsp3) is 0.429. The zero-order valence-electron chi connectivity index (χ0n) is 10.3. The Balaban J connectivity index is 1.75. The van der Waals surface area contributed by atoms with Crippen molar-refractivity contribution in [3.63, 3.8) is 0 Å². The Hall–Kier alpha value is -0.900. The first-order valence-electron chi connectivity index (χ1n) is 6.29. The van der Waals surface area contributed by atoms with Crippen molar-refractivity contribution in [1.82, 2.24) is 10.6 Å². The fourth-order valence-corrected chi connectivity index (χ4v) is 2.85. The van der Waals surface area contributed by atoms with E-state index in [-0.39, 0.29) is 0 Å². The van der Waals surface area contributed by atoms with E-state index in [0.29, 0.717) is 0 Å². The van der Waals surface area contributed by atoms with Crippen molar-refractivity contribution in [3.8, 4) is 0 Å². The van der Waals surface area contributed by atoms with Crippen LogP contribution >= 0.6 is 11.3 Å². The van der Waals surface area contributed by atoms with Gasteiger partial charge in [0.1, 0.15) is 0 Å². The lowest BCUT2D eigenvalue weighted by Gasteiger charge is -2.03. The van der Waals surface area contributed by atoms with E-state index >= 15 is 0 Å². The third-order valence-corrected chi connectivity index (χ3v) is 3.80. The van der Waals surface area contributed by atoms with Crippen LogP contribution in [-0.2, 0) is 6.54 Å². The molecule has 2 aromatic rings. The highest BCUT2D eigenvalue weighted by Gasteiger charge is 1.99. The molecule has 0 aliphatic carbocycles. The first kappa shape index (κ1) is 12.6. The largest absolute Gasteiger partial charge is 0.315 e. The highest BCUT2D eigenvalue weighted by molar-refractivity contribution is 7.19. The third-order valence-electron chi connectivity index (χ3n) is 2.68. The van der Waals surface area contributed by atoms with Gasteiger partial charge in [-0.15, -0.1) is 11.3 Å². The molecule has 0 fully saturated rings. The van der Waals surface area contributed by atoms with Crippen LogP contribution in [0.4, 0.5) is 0 Å². The minimum Gasteiger partial charge on any atom is -0.315 e. The number of thiophene rings is 1. The maximum absolute atomic E-state index is 3.47. The van der Waals surface area contributed by atoms with Crippen molar-refractivity contribution >= 4 is 21.4 Å². The van der Waals surface area contributed by atoms with E-state index in [4.69, 9.17) is 0 Å². The van der Waals surface area contributed by atoms with E-state index in [1.165, 1.54) is 21.4 Å². The van der Waals surface area contributed by atoms with Crippen LogP contribution in [0.3, 0.4) is 0 Å². The Morgan fingerprint density at radius 3 is 2.71 bits per heavy atom. The van der Waals surface area contributed by atoms with Gasteiger partial charge in [-0.05, 0) is 30.5 Å². The first-order chi connectivity index (χ1) is 8.40. The van der Waals surface area contributed by atoms with Gasteiger partial charge in [0.2, 0.25) is 0 Å². The van der Waals surface area contributed by atoms with E-state index in [9.17, 15) is 0 Å². The van der Waals surface area contributed by atoms with Gasteiger partial charge in [0, 0.05) is 29.2 Å². The molecule has 0 saturated heterocycles. The summed E-state index contributed by atoms with van der Waals surface area (Å²) in [4.78, 5) is 1.42. The summed E-state index contributed by atoms with van der Waals surface area (Å²) in [5.41, 5.74) is 0. The second-order valence-electron chi connectivity index (χ2n) is 4.18. The molecule has 92 valence electrons. The topological polar surface area (TPSA) is 24.1 Å². The van der Waals surface area contributed by atoms with E-state index in [1.807, 2.05) is 11.3 Å². The molecular weight excluding hydrogens is 228 g/mol. The van der Waals surface area contributed by atoms with Crippen LogP contribution in [0, 0.1) is 0 Å². The van der Waals surface area contributed by atoms with E-state index in [1.54, 1.807) is 0 Å². The number of nitrogens with one attached hydrogen (secondary N) is 2. The molecule has 0 spiro atoms. The maximum Gasteiger partial charge on any atom is 0.0346 e. The summed E-state index contributed by atoms with van der Waals surface area (Å²) in [5, 5.41) is 8.22. The van der Waals surface area contributed by atoms with Crippen LogP contribution in [0.5, 0.6) is 0 Å². The summed E-state index contributed by atoms with van der Waals surface area (Å²) in [6, 6.07) is 10.8. The zero-order chi connectivity index (χ0) is 11.9. The average molecular weight is 248 g/mol. The summed E-state index contributed by atoms with van der Waals surface area (Å²) in [6.45, 7) is 6.38. The molecule has 2 nitrogen and oxygen atoms in total. The van der Waals surface area contributed by atoms with Crippen LogP contribution in [0.1, 0.15) is 18.2 Å². The molecule has 0 amide bonds. The van der Waals surface area contributed by atoms with Gasteiger partial charge >= 0.3 is 0 Å². The molecule has 2 N–H and O–H groups in total. The number of benzene rings is 1. The number of fused-ring (bicyclic) bond motifs is 1. The molecule has 0 unspecified atom stereocenters. The van der Waals surface area contributed by atoms with Gasteiger partial charge in [0.25, 0.3) is 0 Å². The average Bonchev–Trinajstić information content (AvgIpc) is 2.76. The molecule has 0 saturated carbocycles. The Labute approximate surface area is 107 Å². The molecule has 1 aromatic heterocycles. The minimum atomic E-state index is 0.979. The van der Waals surface area contributed by atoms with Crippen LogP contribution in [0.2, 0.25) is 0 Å². The van der Waals surface area contributed by atoms with Crippen LogP contribution < -0.4 is 10.6 Å². The molecule has 0 aliphatic rings. The molecule has 2 rings (SSSR count). The highest BCUT2D eigenvalue weighted by Crippen LogP contribution is 2.24. The molecular formula is C14H20N2S. The van der Waals surface area contributed by atoms with E-state index in [0.717, 1.165) is 26.2 Å². The van der Waals surface area contributed by atoms with Crippen LogP contribution in [0.25, 0.3) is 10.1 Å². The Kier molecular flexibility index (Phi) is 4.98. The highest BCUT2D eigenvalue weighted by atomic mass is 32.1. The van der Waals surface area contributed by atoms with Crippen molar-refractivity contribution in [2.75, 3.05) is 19.6 Å². The molecule has 0 radical (unpaired) electrons. The smallest absolute Gasteiger partial charge is 0.0346 e. The van der Waals surface area contributed by atoms with Crippen LogP contribution in [0.15, 0.2) is 30.3 Å². The van der Waals surface area contributed by atoms with Crippen molar-refractivity contribution in [2.24, 2.45) is 0 Å². The number of hydrogen-bond acceptors (Lipinski definition) is 3. The maximum atomic E-state index is 3.47. The summed E-state index contributed by atoms with van der Waals surface area (Å²) in [7, 11) is 0. The number of hydrogen-bond donors (Lipinski definition) is 2. The zero-order valence-corrected chi connectivity index (χ0v) is 11.1. The number of rotatable bonds is 7. The van der Waals surface area contributed by atoms with Crippen molar-refractivity contribution < 1.29 is 0 Å². The minimum absolute atomic E-state index is 0.979. The molecule has 0 aliphatic heterocycles. The van der Waals surface area contributed by atoms with Crippen molar-refractivity contribution in [3.05, 3.63) is 35.2 Å². The van der Waals surface area contributed by atoms with Gasteiger partial charge in [-0.25, -0.2) is 0 Å². The summed E-state index contributed by atoms with van der Waals surface area (Å²) in [5.74, 6) is 0. The van der Waals surface area contributed by atoms with E-state index in [2.05, 4.69) is 47.9 Å². The summed E-state index contributed by atoms with van der Waals surface area (Å²) >= 11 is 1.88. The predicted octanol–water partition coefficient (Wildman–Crippen LogP) is 2.99. The molecule has 1 aromatic carbocycles. The quantitative estimate of drug-likeness (QED) is 0.736. The predicted molar refractivity (Wildman–Crippen MR) is 76.7 cm³/mol. The van der Waals surface area contributed by atoms with Crippen LogP contribution in [-0.4, -0.2) is 19.6 Å². The SMILES string of the molecule is CCCNCCNCc1cc2ccccc2s1. The van der Waals surface area contributed by atoms with Gasteiger partial charge in [0.05, 0.1) is 0 Å². The van der Waals surface area contributed by atoms with Gasteiger partial charge in [-0.2, -0.15) is 0 Å². The first-order valence-corrected chi connectivity index (χ1v) is 7.10. The van der Waals surface area contributed by atoms with Gasteiger partial charge in [-0.3, -0.25) is 0 Å². The second kappa shape index (κ2) is 6.74. The van der Waals surface area contributed by atoms with Gasteiger partial charge in [-0.1, -0.05) is 25.1 Å².